The molecule has 0 aromatic heterocycles. The van der Waals surface area contributed by atoms with Gasteiger partial charge in [0.1, 0.15) is 11.8 Å². The maximum atomic E-state index is 11.7. The number of carbonyl (C=O) groups excluding carboxylic acids is 1. The van der Waals surface area contributed by atoms with E-state index in [0.29, 0.717) is 0 Å². The summed E-state index contributed by atoms with van der Waals surface area (Å²) < 4.78 is 0. The molecule has 21 heavy (non-hydrogen) atoms. The van der Waals surface area contributed by atoms with Crippen LogP contribution in [0.3, 0.4) is 0 Å². The number of aliphatic hydroxyl groups is 2. The Morgan fingerprint density at radius 1 is 1.33 bits per heavy atom. The Kier molecular flexibility index (Phi) is 3.45. The number of nitrogens with zero attached hydrogens (tertiary/aromatic N) is 1. The van der Waals surface area contributed by atoms with Crippen LogP contribution in [0.1, 0.15) is 11.1 Å². The highest BCUT2D eigenvalue weighted by atomic mass is 32.2. The third-order valence-corrected chi connectivity index (χ3v) is 4.69. The van der Waals surface area contributed by atoms with Crippen molar-refractivity contribution >= 4 is 23.2 Å². The molecule has 6 heteroatoms. The lowest BCUT2D eigenvalue weighted by atomic mass is 9.87. The van der Waals surface area contributed by atoms with E-state index in [4.69, 9.17) is 10.4 Å². The molecule has 0 bridgehead atoms. The first-order chi connectivity index (χ1) is 10.2. The molecule has 0 fully saturated rings. The number of rotatable bonds is 2. The van der Waals surface area contributed by atoms with Gasteiger partial charge >= 0.3 is 0 Å². The second-order valence-corrected chi connectivity index (χ2v) is 5.82. The van der Waals surface area contributed by atoms with Crippen molar-refractivity contribution in [3.63, 3.8) is 0 Å². The van der Waals surface area contributed by atoms with E-state index in [1.165, 1.54) is 11.8 Å². The van der Waals surface area contributed by atoms with Crippen molar-refractivity contribution in [1.82, 2.24) is 5.32 Å². The quantitative estimate of drug-likeness (QED) is 0.772. The van der Waals surface area contributed by atoms with Crippen LogP contribution in [0.25, 0.3) is 5.57 Å². The summed E-state index contributed by atoms with van der Waals surface area (Å²) in [5.74, 6) is -1.12. The average molecular weight is 300 g/mol. The van der Waals surface area contributed by atoms with Gasteiger partial charge in [-0.1, -0.05) is 24.3 Å². The second-order valence-electron chi connectivity index (χ2n) is 4.81. The van der Waals surface area contributed by atoms with E-state index in [2.05, 4.69) is 5.32 Å². The molecular formula is C15H12N2O3S. The third kappa shape index (κ3) is 2.20. The first-order valence-electron chi connectivity index (χ1n) is 6.35. The van der Waals surface area contributed by atoms with Crippen molar-refractivity contribution in [1.29, 1.82) is 5.26 Å². The van der Waals surface area contributed by atoms with Crippen molar-refractivity contribution in [3.8, 4) is 6.07 Å². The molecule has 2 aliphatic rings. The number of benzene rings is 1. The molecule has 2 aliphatic heterocycles. The Bertz CT molecular complexity index is 701. The predicted octanol–water partition coefficient (Wildman–Crippen LogP) is 1.67. The number of thioether (sulfide) groups is 1. The third-order valence-electron chi connectivity index (χ3n) is 3.61. The van der Waals surface area contributed by atoms with Crippen molar-refractivity contribution in [3.05, 3.63) is 52.1 Å². The number of hydrogen-bond acceptors (Lipinski definition) is 5. The van der Waals surface area contributed by atoms with Crippen molar-refractivity contribution in [2.45, 2.75) is 12.0 Å². The second kappa shape index (κ2) is 5.28. The smallest absolute Gasteiger partial charge is 0.266 e. The Balaban J connectivity index is 2.00. The van der Waals surface area contributed by atoms with Crippen LogP contribution in [0.4, 0.5) is 0 Å². The monoisotopic (exact) mass is 300 g/mol. The molecule has 5 nitrogen and oxygen atoms in total. The number of carbonyl (C=O) groups is 1. The van der Waals surface area contributed by atoms with Crippen LogP contribution >= 0.6 is 11.8 Å². The van der Waals surface area contributed by atoms with E-state index in [1.807, 2.05) is 29.7 Å². The van der Waals surface area contributed by atoms with Gasteiger partial charge in [-0.2, -0.15) is 5.26 Å². The highest BCUT2D eigenvalue weighted by molar-refractivity contribution is 8.03. The van der Waals surface area contributed by atoms with Crippen LogP contribution in [-0.2, 0) is 11.4 Å². The topological polar surface area (TPSA) is 93.3 Å². The molecule has 2 unspecified atom stereocenters. The van der Waals surface area contributed by atoms with Crippen LogP contribution < -0.4 is 5.32 Å². The minimum atomic E-state index is -0.533. The molecular weight excluding hydrogens is 288 g/mol. The fourth-order valence-corrected chi connectivity index (χ4v) is 3.68. The van der Waals surface area contributed by atoms with E-state index in [1.54, 1.807) is 6.07 Å². The van der Waals surface area contributed by atoms with Crippen LogP contribution in [0.2, 0.25) is 0 Å². The van der Waals surface area contributed by atoms with Gasteiger partial charge in [0.25, 0.3) is 5.91 Å². The van der Waals surface area contributed by atoms with E-state index in [9.17, 15) is 9.90 Å². The molecule has 3 rings (SSSR count). The van der Waals surface area contributed by atoms with E-state index >= 15 is 0 Å². The zero-order valence-corrected chi connectivity index (χ0v) is 11.7. The van der Waals surface area contributed by atoms with Gasteiger partial charge in [-0.25, -0.2) is 0 Å². The average Bonchev–Trinajstić information content (AvgIpc) is 2.91. The lowest BCUT2D eigenvalue weighted by Gasteiger charge is -2.27. The van der Waals surface area contributed by atoms with Crippen molar-refractivity contribution in [2.24, 2.45) is 5.92 Å². The number of nitrogens with one attached hydrogen (secondary N) is 1. The van der Waals surface area contributed by atoms with Crippen LogP contribution in [0.15, 0.2) is 41.0 Å². The van der Waals surface area contributed by atoms with Gasteiger partial charge in [-0.05, 0) is 22.1 Å². The number of hydrogen-bond donors (Lipinski definition) is 3. The highest BCUT2D eigenvalue weighted by Crippen LogP contribution is 2.45. The Labute approximate surface area is 125 Å². The first-order valence-corrected chi connectivity index (χ1v) is 7.29. The Morgan fingerprint density at radius 3 is 2.67 bits per heavy atom. The van der Waals surface area contributed by atoms with Gasteiger partial charge in [0.2, 0.25) is 0 Å². The zero-order valence-electron chi connectivity index (χ0n) is 10.9. The summed E-state index contributed by atoms with van der Waals surface area (Å²) >= 11 is 1.41. The molecule has 0 saturated carbocycles. The van der Waals surface area contributed by atoms with Gasteiger partial charge in [0.05, 0.1) is 17.9 Å². The van der Waals surface area contributed by atoms with Gasteiger partial charge in [0.15, 0.2) is 5.57 Å². The minimum Gasteiger partial charge on any atom is -0.510 e. The fourth-order valence-electron chi connectivity index (χ4n) is 2.50. The molecule has 0 radical (unpaired) electrons. The summed E-state index contributed by atoms with van der Waals surface area (Å²) in [7, 11) is 0. The normalized spacial score (nSPS) is 24.2. The van der Waals surface area contributed by atoms with Crippen LogP contribution in [0, 0.1) is 17.2 Å². The Morgan fingerprint density at radius 2 is 2.05 bits per heavy atom. The molecule has 3 N–H and O–H groups in total. The molecule has 2 heterocycles. The zero-order chi connectivity index (χ0) is 15.0. The summed E-state index contributed by atoms with van der Waals surface area (Å²) in [4.78, 5) is 11.7. The van der Waals surface area contributed by atoms with Crippen molar-refractivity contribution < 1.29 is 15.0 Å². The largest absolute Gasteiger partial charge is 0.510 e. The van der Waals surface area contributed by atoms with E-state index in [0.717, 1.165) is 16.7 Å². The number of aliphatic hydroxyl groups excluding tert-OH is 2. The predicted molar refractivity (Wildman–Crippen MR) is 78.6 cm³/mol. The standard InChI is InChI=1S/C15H12N2O3S/c16-5-10-13(19)12-11(7-21-15(12)17-14(10)20)9-3-1-8(6-18)2-4-9/h1-4,7,12,15,18-19H,6H2,(H,17,20). The molecule has 1 aromatic carbocycles. The Hall–Kier alpha value is -2.23. The van der Waals surface area contributed by atoms with E-state index in [-0.39, 0.29) is 23.3 Å². The van der Waals surface area contributed by atoms with Crippen LogP contribution in [-0.4, -0.2) is 21.5 Å². The van der Waals surface area contributed by atoms with Crippen molar-refractivity contribution in [2.75, 3.05) is 0 Å². The van der Waals surface area contributed by atoms with Gasteiger partial charge in [0, 0.05) is 0 Å². The van der Waals surface area contributed by atoms with Gasteiger partial charge in [-0.15, -0.1) is 11.8 Å². The van der Waals surface area contributed by atoms with E-state index < -0.39 is 11.8 Å². The van der Waals surface area contributed by atoms with Gasteiger partial charge < -0.3 is 15.5 Å². The number of fused-ring (bicyclic) bond motifs is 1. The molecule has 106 valence electrons. The lowest BCUT2D eigenvalue weighted by Crippen LogP contribution is -2.43. The number of nitriles is 1. The maximum absolute atomic E-state index is 11.7. The van der Waals surface area contributed by atoms with Crippen LogP contribution in [0.5, 0.6) is 0 Å². The summed E-state index contributed by atoms with van der Waals surface area (Å²) in [5, 5.41) is 32.6. The number of amides is 1. The molecule has 0 saturated heterocycles. The SMILES string of the molecule is N#CC1=C(O)C2C(c3ccc(CO)cc3)=CSC2NC1=O. The first kappa shape index (κ1) is 13.7. The molecule has 1 aromatic rings. The summed E-state index contributed by atoms with van der Waals surface area (Å²) in [6.07, 6.45) is 0. The summed E-state index contributed by atoms with van der Waals surface area (Å²) in [5.41, 5.74) is 2.33. The fraction of sp³-hybridized carbons (Fsp3) is 0.200. The molecule has 0 spiro atoms. The highest BCUT2D eigenvalue weighted by Gasteiger charge is 2.42. The van der Waals surface area contributed by atoms with Gasteiger partial charge in [-0.3, -0.25) is 4.79 Å². The summed E-state index contributed by atoms with van der Waals surface area (Å²) in [6, 6.07) is 9.08. The maximum Gasteiger partial charge on any atom is 0.266 e. The molecule has 2 atom stereocenters. The lowest BCUT2D eigenvalue weighted by molar-refractivity contribution is -0.118. The summed E-state index contributed by atoms with van der Waals surface area (Å²) in [6.45, 7) is -0.0279. The molecule has 1 amide bonds. The minimum absolute atomic E-state index is 0.0279. The molecule has 0 aliphatic carbocycles.